The van der Waals surface area contributed by atoms with Crippen molar-refractivity contribution in [3.05, 3.63) is 120 Å². The SMILES string of the molecule is Fc1ccc(COC(NCCOCCNc2cccc(-c3cc(-c4ccc5c(c4)OCO5)n[nH]3)c2)c2ccccc2)cc1. The van der Waals surface area contributed by atoms with E-state index >= 15 is 0 Å². The summed E-state index contributed by atoms with van der Waals surface area (Å²) in [5, 5.41) is 14.5. The fourth-order valence-electron chi connectivity index (χ4n) is 4.76. The first-order valence-corrected chi connectivity index (χ1v) is 14.2. The Kier molecular flexibility index (Phi) is 9.24. The third-order valence-corrected chi connectivity index (χ3v) is 7.00. The number of anilines is 1. The lowest BCUT2D eigenvalue weighted by atomic mass is 10.1. The van der Waals surface area contributed by atoms with Gasteiger partial charge >= 0.3 is 0 Å². The van der Waals surface area contributed by atoms with Crippen LogP contribution in [0, 0.1) is 5.82 Å². The molecule has 0 saturated heterocycles. The van der Waals surface area contributed by atoms with Gasteiger partial charge in [-0.1, -0.05) is 54.6 Å². The zero-order valence-electron chi connectivity index (χ0n) is 23.6. The average molecular weight is 581 g/mol. The van der Waals surface area contributed by atoms with Gasteiger partial charge in [-0.05, 0) is 59.7 Å². The molecule has 1 unspecified atom stereocenters. The van der Waals surface area contributed by atoms with Crippen LogP contribution in [0.2, 0.25) is 0 Å². The van der Waals surface area contributed by atoms with E-state index in [4.69, 9.17) is 18.9 Å². The monoisotopic (exact) mass is 580 g/mol. The van der Waals surface area contributed by atoms with Gasteiger partial charge in [0.2, 0.25) is 6.79 Å². The van der Waals surface area contributed by atoms with E-state index in [0.717, 1.165) is 50.8 Å². The van der Waals surface area contributed by atoms with Crippen LogP contribution in [0.25, 0.3) is 22.5 Å². The number of hydrogen-bond donors (Lipinski definition) is 3. The maximum Gasteiger partial charge on any atom is 0.231 e. The van der Waals surface area contributed by atoms with Gasteiger partial charge < -0.3 is 24.3 Å². The van der Waals surface area contributed by atoms with Crippen molar-refractivity contribution in [2.45, 2.75) is 12.8 Å². The fraction of sp³-hybridized carbons (Fsp3) is 0.206. The van der Waals surface area contributed by atoms with Crippen molar-refractivity contribution in [1.29, 1.82) is 0 Å². The number of aromatic nitrogens is 2. The summed E-state index contributed by atoms with van der Waals surface area (Å²) in [6, 6.07) is 32.3. The number of aromatic amines is 1. The Morgan fingerprint density at radius 1 is 0.814 bits per heavy atom. The van der Waals surface area contributed by atoms with Gasteiger partial charge in [-0.25, -0.2) is 4.39 Å². The highest BCUT2D eigenvalue weighted by molar-refractivity contribution is 5.72. The number of nitrogens with zero attached hydrogens (tertiary/aromatic N) is 1. The van der Waals surface area contributed by atoms with E-state index in [9.17, 15) is 4.39 Å². The molecule has 1 aliphatic heterocycles. The molecule has 0 saturated carbocycles. The van der Waals surface area contributed by atoms with E-state index in [0.29, 0.717) is 32.9 Å². The smallest absolute Gasteiger partial charge is 0.231 e. The molecule has 5 aromatic rings. The lowest BCUT2D eigenvalue weighted by Gasteiger charge is -2.20. The van der Waals surface area contributed by atoms with Crippen LogP contribution in [-0.2, 0) is 16.1 Å². The Bertz CT molecular complexity index is 1610. The van der Waals surface area contributed by atoms with Crippen molar-refractivity contribution in [3.63, 3.8) is 0 Å². The van der Waals surface area contributed by atoms with Gasteiger partial charge in [0.1, 0.15) is 12.0 Å². The van der Waals surface area contributed by atoms with Crippen LogP contribution in [0.3, 0.4) is 0 Å². The second kappa shape index (κ2) is 14.0. The third kappa shape index (κ3) is 7.58. The van der Waals surface area contributed by atoms with E-state index in [1.807, 2.05) is 72.8 Å². The molecule has 1 atom stereocenters. The standard InChI is InChI=1S/C34H33FN4O4/c35-28-12-9-24(10-13-28)22-41-34(25-5-2-1-3-6-25)37-16-18-40-17-15-36-29-8-4-7-26(19-29)30-21-31(39-38-30)27-11-14-32-33(20-27)43-23-42-32/h1-14,19-21,34,36-37H,15-18,22-23H2,(H,38,39). The molecule has 9 heteroatoms. The second-order valence-corrected chi connectivity index (χ2v) is 10.0. The van der Waals surface area contributed by atoms with Crippen LogP contribution in [0.5, 0.6) is 11.5 Å². The Morgan fingerprint density at radius 3 is 2.53 bits per heavy atom. The summed E-state index contributed by atoms with van der Waals surface area (Å²) in [5.74, 6) is 1.23. The van der Waals surface area contributed by atoms with Gasteiger partial charge in [-0.2, -0.15) is 5.10 Å². The summed E-state index contributed by atoms with van der Waals surface area (Å²) in [5.41, 5.74) is 6.68. The molecule has 0 amide bonds. The number of halogens is 1. The topological polar surface area (TPSA) is 89.7 Å². The van der Waals surface area contributed by atoms with Gasteiger partial charge in [0.15, 0.2) is 11.5 Å². The normalized spacial score (nSPS) is 12.8. The number of hydrogen-bond acceptors (Lipinski definition) is 7. The van der Waals surface area contributed by atoms with Crippen LogP contribution in [-0.4, -0.2) is 43.3 Å². The van der Waals surface area contributed by atoms with Gasteiger partial charge in [0.05, 0.1) is 31.2 Å². The summed E-state index contributed by atoms with van der Waals surface area (Å²) in [6.07, 6.45) is -0.302. The molecule has 0 bridgehead atoms. The third-order valence-electron chi connectivity index (χ3n) is 7.00. The first kappa shape index (κ1) is 28.4. The molecule has 2 heterocycles. The summed E-state index contributed by atoms with van der Waals surface area (Å²) >= 11 is 0. The highest BCUT2D eigenvalue weighted by atomic mass is 19.1. The number of H-pyrrole nitrogens is 1. The second-order valence-electron chi connectivity index (χ2n) is 10.0. The molecule has 6 rings (SSSR count). The average Bonchev–Trinajstić information content (AvgIpc) is 3.73. The number of benzene rings is 4. The minimum Gasteiger partial charge on any atom is -0.454 e. The van der Waals surface area contributed by atoms with Crippen molar-refractivity contribution in [3.8, 4) is 34.0 Å². The summed E-state index contributed by atoms with van der Waals surface area (Å²) < 4.78 is 36.1. The minimum atomic E-state index is -0.302. The van der Waals surface area contributed by atoms with Gasteiger partial charge in [0, 0.05) is 29.9 Å². The Morgan fingerprint density at radius 2 is 1.65 bits per heavy atom. The molecule has 0 radical (unpaired) electrons. The predicted octanol–water partition coefficient (Wildman–Crippen LogP) is 6.55. The molecule has 0 spiro atoms. The largest absolute Gasteiger partial charge is 0.454 e. The molecule has 0 fully saturated rings. The molecule has 1 aliphatic rings. The number of ether oxygens (including phenoxy) is 4. The van der Waals surface area contributed by atoms with Crippen molar-refractivity contribution in [1.82, 2.24) is 15.5 Å². The lowest BCUT2D eigenvalue weighted by Crippen LogP contribution is -2.28. The van der Waals surface area contributed by atoms with Crippen molar-refractivity contribution < 1.29 is 23.3 Å². The molecular formula is C34H33FN4O4. The zero-order valence-corrected chi connectivity index (χ0v) is 23.6. The maximum atomic E-state index is 13.2. The Labute approximate surface area is 249 Å². The van der Waals surface area contributed by atoms with Crippen LogP contribution < -0.4 is 20.1 Å². The molecule has 8 nitrogen and oxygen atoms in total. The fourth-order valence-corrected chi connectivity index (χ4v) is 4.76. The minimum absolute atomic E-state index is 0.246. The molecule has 3 N–H and O–H groups in total. The highest BCUT2D eigenvalue weighted by Crippen LogP contribution is 2.36. The van der Waals surface area contributed by atoms with Crippen molar-refractivity contribution >= 4 is 5.69 Å². The molecule has 0 aliphatic carbocycles. The predicted molar refractivity (Wildman–Crippen MR) is 163 cm³/mol. The van der Waals surface area contributed by atoms with E-state index in [1.165, 1.54) is 12.1 Å². The first-order valence-electron chi connectivity index (χ1n) is 14.2. The number of nitrogens with one attached hydrogen (secondary N) is 3. The van der Waals surface area contributed by atoms with Crippen LogP contribution >= 0.6 is 0 Å². The van der Waals surface area contributed by atoms with E-state index < -0.39 is 0 Å². The Hall–Kier alpha value is -4.70. The highest BCUT2D eigenvalue weighted by Gasteiger charge is 2.15. The molecule has 220 valence electrons. The van der Waals surface area contributed by atoms with Crippen LogP contribution in [0.15, 0.2) is 103 Å². The number of fused-ring (bicyclic) bond motifs is 1. The summed E-state index contributed by atoms with van der Waals surface area (Å²) in [6.45, 7) is 2.98. The maximum absolute atomic E-state index is 13.2. The summed E-state index contributed by atoms with van der Waals surface area (Å²) in [4.78, 5) is 0. The molecule has 43 heavy (non-hydrogen) atoms. The van der Waals surface area contributed by atoms with Gasteiger partial charge in [-0.15, -0.1) is 0 Å². The van der Waals surface area contributed by atoms with E-state index in [2.05, 4.69) is 26.9 Å². The van der Waals surface area contributed by atoms with Crippen molar-refractivity contribution in [2.75, 3.05) is 38.4 Å². The molecular weight excluding hydrogens is 547 g/mol. The Balaban J connectivity index is 0.947. The lowest BCUT2D eigenvalue weighted by molar-refractivity contribution is 0.0103. The first-order chi connectivity index (χ1) is 21.2. The van der Waals surface area contributed by atoms with Gasteiger partial charge in [0.25, 0.3) is 0 Å². The van der Waals surface area contributed by atoms with Crippen LogP contribution in [0.4, 0.5) is 10.1 Å². The molecule has 4 aromatic carbocycles. The van der Waals surface area contributed by atoms with E-state index in [1.54, 1.807) is 12.1 Å². The summed E-state index contributed by atoms with van der Waals surface area (Å²) in [7, 11) is 0. The van der Waals surface area contributed by atoms with E-state index in [-0.39, 0.29) is 18.8 Å². The van der Waals surface area contributed by atoms with Crippen molar-refractivity contribution in [2.24, 2.45) is 0 Å². The quantitative estimate of drug-likeness (QED) is 0.101. The zero-order chi connectivity index (χ0) is 29.3. The number of rotatable bonds is 14. The molecule has 1 aromatic heterocycles. The van der Waals surface area contributed by atoms with Crippen LogP contribution in [0.1, 0.15) is 17.4 Å². The van der Waals surface area contributed by atoms with Gasteiger partial charge in [-0.3, -0.25) is 10.4 Å².